The molecule has 0 spiro atoms. The Balaban J connectivity index is 1.57. The second-order valence-electron chi connectivity index (χ2n) is 4.47. The van der Waals surface area contributed by atoms with Crippen LogP contribution in [0.1, 0.15) is 43.5 Å². The van der Waals surface area contributed by atoms with E-state index in [0.29, 0.717) is 12.1 Å². The summed E-state index contributed by atoms with van der Waals surface area (Å²) in [4.78, 5) is 1.43. The van der Waals surface area contributed by atoms with Crippen molar-refractivity contribution >= 4 is 11.3 Å². The summed E-state index contributed by atoms with van der Waals surface area (Å²) in [5.74, 6) is 0. The van der Waals surface area contributed by atoms with Crippen LogP contribution in [0.3, 0.4) is 0 Å². The third-order valence-corrected chi connectivity index (χ3v) is 4.20. The molecule has 0 radical (unpaired) electrons. The van der Waals surface area contributed by atoms with Gasteiger partial charge in [-0.2, -0.15) is 0 Å². The van der Waals surface area contributed by atoms with Crippen LogP contribution < -0.4 is 5.32 Å². The molecule has 0 amide bonds. The summed E-state index contributed by atoms with van der Waals surface area (Å²) in [5.41, 5.74) is 0. The van der Waals surface area contributed by atoms with Gasteiger partial charge in [-0.1, -0.05) is 6.07 Å². The molecule has 2 heterocycles. The molecule has 16 heavy (non-hydrogen) atoms. The molecule has 1 aliphatic rings. The van der Waals surface area contributed by atoms with Gasteiger partial charge in [0.2, 0.25) is 0 Å². The van der Waals surface area contributed by atoms with Crippen LogP contribution in [0.2, 0.25) is 0 Å². The number of rotatable bonds is 6. The molecule has 0 aliphatic carbocycles. The summed E-state index contributed by atoms with van der Waals surface area (Å²) >= 11 is 1.83. The molecule has 1 N–H and O–H groups in total. The van der Waals surface area contributed by atoms with Gasteiger partial charge in [0.15, 0.2) is 0 Å². The number of hydrogen-bond acceptors (Lipinski definition) is 3. The average Bonchev–Trinajstić information content (AvgIpc) is 2.96. The highest BCUT2D eigenvalue weighted by molar-refractivity contribution is 7.10. The maximum absolute atomic E-state index is 5.61. The van der Waals surface area contributed by atoms with Crippen LogP contribution in [-0.2, 0) is 4.74 Å². The van der Waals surface area contributed by atoms with Crippen LogP contribution in [0.15, 0.2) is 17.5 Å². The van der Waals surface area contributed by atoms with Crippen molar-refractivity contribution in [2.24, 2.45) is 0 Å². The summed E-state index contributed by atoms with van der Waals surface area (Å²) in [7, 11) is 0. The first-order valence-corrected chi connectivity index (χ1v) is 7.12. The zero-order chi connectivity index (χ0) is 11.2. The fraction of sp³-hybridized carbons (Fsp3) is 0.692. The van der Waals surface area contributed by atoms with Crippen molar-refractivity contribution in [3.63, 3.8) is 0 Å². The maximum Gasteiger partial charge on any atom is 0.0576 e. The van der Waals surface area contributed by atoms with Crippen LogP contribution in [-0.4, -0.2) is 19.3 Å². The lowest BCUT2D eigenvalue weighted by molar-refractivity contribution is 0.102. The van der Waals surface area contributed by atoms with E-state index in [9.17, 15) is 0 Å². The zero-order valence-electron chi connectivity index (χ0n) is 9.95. The summed E-state index contributed by atoms with van der Waals surface area (Å²) in [5, 5.41) is 5.70. The largest absolute Gasteiger partial charge is 0.378 e. The summed E-state index contributed by atoms with van der Waals surface area (Å²) in [6, 6.07) is 4.80. The first-order chi connectivity index (χ1) is 7.86. The second kappa shape index (κ2) is 6.38. The van der Waals surface area contributed by atoms with Crippen molar-refractivity contribution < 1.29 is 4.74 Å². The Morgan fingerprint density at radius 2 is 2.56 bits per heavy atom. The van der Waals surface area contributed by atoms with E-state index in [2.05, 4.69) is 29.8 Å². The van der Waals surface area contributed by atoms with E-state index < -0.39 is 0 Å². The highest BCUT2D eigenvalue weighted by atomic mass is 32.1. The Bertz CT molecular complexity index is 280. The minimum atomic E-state index is 0.490. The maximum atomic E-state index is 5.61. The zero-order valence-corrected chi connectivity index (χ0v) is 10.8. The molecule has 0 aromatic carbocycles. The number of thiophene rings is 1. The van der Waals surface area contributed by atoms with Gasteiger partial charge in [-0.15, -0.1) is 11.3 Å². The van der Waals surface area contributed by atoms with Gasteiger partial charge in [0, 0.05) is 17.5 Å². The standard InChI is InChI=1S/C13H21NOS/c1-11(13-7-4-10-16-13)14-8-2-5-12-6-3-9-15-12/h4,7,10-12,14H,2-3,5-6,8-9H2,1H3. The van der Waals surface area contributed by atoms with Gasteiger partial charge in [0.25, 0.3) is 0 Å². The van der Waals surface area contributed by atoms with Crippen LogP contribution in [0.4, 0.5) is 0 Å². The topological polar surface area (TPSA) is 21.3 Å². The lowest BCUT2D eigenvalue weighted by Crippen LogP contribution is -2.20. The normalized spacial score (nSPS) is 22.4. The van der Waals surface area contributed by atoms with E-state index in [1.807, 2.05) is 11.3 Å². The smallest absolute Gasteiger partial charge is 0.0576 e. The van der Waals surface area contributed by atoms with Gasteiger partial charge >= 0.3 is 0 Å². The predicted octanol–water partition coefficient (Wildman–Crippen LogP) is 3.36. The van der Waals surface area contributed by atoms with Crippen molar-refractivity contribution in [2.75, 3.05) is 13.2 Å². The van der Waals surface area contributed by atoms with Crippen LogP contribution in [0.5, 0.6) is 0 Å². The highest BCUT2D eigenvalue weighted by Crippen LogP contribution is 2.19. The molecule has 2 rings (SSSR count). The Morgan fingerprint density at radius 3 is 3.25 bits per heavy atom. The fourth-order valence-corrected chi connectivity index (χ4v) is 2.92. The van der Waals surface area contributed by atoms with E-state index in [4.69, 9.17) is 4.74 Å². The molecule has 1 aromatic rings. The first-order valence-electron chi connectivity index (χ1n) is 6.24. The van der Waals surface area contributed by atoms with Gasteiger partial charge in [0.1, 0.15) is 0 Å². The number of nitrogens with one attached hydrogen (secondary N) is 1. The Labute approximate surface area is 102 Å². The molecule has 1 aromatic heterocycles. The van der Waals surface area contributed by atoms with Gasteiger partial charge in [-0.3, -0.25) is 0 Å². The molecule has 0 saturated carbocycles. The van der Waals surface area contributed by atoms with Gasteiger partial charge in [-0.25, -0.2) is 0 Å². The molecule has 0 bridgehead atoms. The minimum Gasteiger partial charge on any atom is -0.378 e. The van der Waals surface area contributed by atoms with Gasteiger partial charge < -0.3 is 10.1 Å². The van der Waals surface area contributed by atoms with Gasteiger partial charge in [0.05, 0.1) is 6.10 Å². The Hall–Kier alpha value is -0.380. The first kappa shape index (κ1) is 12.1. The van der Waals surface area contributed by atoms with E-state index in [-0.39, 0.29) is 0 Å². The SMILES string of the molecule is CC(NCCCC1CCCO1)c1cccs1. The molecule has 2 unspecified atom stereocenters. The van der Waals surface area contributed by atoms with Crippen LogP contribution in [0.25, 0.3) is 0 Å². The van der Waals surface area contributed by atoms with Crippen molar-refractivity contribution in [2.45, 2.75) is 44.8 Å². The van der Waals surface area contributed by atoms with E-state index in [1.165, 1.54) is 30.6 Å². The van der Waals surface area contributed by atoms with E-state index >= 15 is 0 Å². The van der Waals surface area contributed by atoms with E-state index in [1.54, 1.807) is 0 Å². The third kappa shape index (κ3) is 3.58. The van der Waals surface area contributed by atoms with Crippen LogP contribution >= 0.6 is 11.3 Å². The lowest BCUT2D eigenvalue weighted by atomic mass is 10.1. The Kier molecular flexibility index (Phi) is 4.82. The molecule has 2 nitrogen and oxygen atoms in total. The van der Waals surface area contributed by atoms with Crippen molar-refractivity contribution in [1.82, 2.24) is 5.32 Å². The molecule has 90 valence electrons. The van der Waals surface area contributed by atoms with Crippen molar-refractivity contribution in [1.29, 1.82) is 0 Å². The Morgan fingerprint density at radius 1 is 1.62 bits per heavy atom. The molecule has 2 atom stereocenters. The lowest BCUT2D eigenvalue weighted by Gasteiger charge is -2.13. The summed E-state index contributed by atoms with van der Waals surface area (Å²) in [6.07, 6.45) is 5.49. The average molecular weight is 239 g/mol. The van der Waals surface area contributed by atoms with E-state index in [0.717, 1.165) is 13.2 Å². The molecule has 3 heteroatoms. The number of hydrogen-bond donors (Lipinski definition) is 1. The monoisotopic (exact) mass is 239 g/mol. The minimum absolute atomic E-state index is 0.490. The highest BCUT2D eigenvalue weighted by Gasteiger charge is 2.14. The third-order valence-electron chi connectivity index (χ3n) is 3.15. The predicted molar refractivity (Wildman–Crippen MR) is 68.9 cm³/mol. The molecule has 1 fully saturated rings. The molecule has 1 aliphatic heterocycles. The number of ether oxygens (including phenoxy) is 1. The van der Waals surface area contributed by atoms with Crippen molar-refractivity contribution in [3.05, 3.63) is 22.4 Å². The molecular weight excluding hydrogens is 218 g/mol. The van der Waals surface area contributed by atoms with Crippen LogP contribution in [0, 0.1) is 0 Å². The molecular formula is C13H21NOS. The summed E-state index contributed by atoms with van der Waals surface area (Å²) < 4.78 is 5.61. The second-order valence-corrected chi connectivity index (χ2v) is 5.45. The van der Waals surface area contributed by atoms with Gasteiger partial charge in [-0.05, 0) is 50.6 Å². The molecule has 1 saturated heterocycles. The quantitative estimate of drug-likeness (QED) is 0.769. The summed E-state index contributed by atoms with van der Waals surface area (Å²) in [6.45, 7) is 4.31. The fourth-order valence-electron chi connectivity index (χ4n) is 2.16. The van der Waals surface area contributed by atoms with Crippen molar-refractivity contribution in [3.8, 4) is 0 Å².